The molecule has 1 atom stereocenters. The highest BCUT2D eigenvalue weighted by atomic mass is 16.1. The Hall–Kier alpha value is -0.570. The number of hydrogen-bond donors (Lipinski definition) is 2. The maximum atomic E-state index is 12.1. The molecule has 2 rings (SSSR count). The van der Waals surface area contributed by atoms with Gasteiger partial charge in [-0.1, -0.05) is 20.3 Å². The van der Waals surface area contributed by atoms with Crippen molar-refractivity contribution in [3.63, 3.8) is 0 Å². The second kappa shape index (κ2) is 5.38. The van der Waals surface area contributed by atoms with E-state index in [9.17, 15) is 4.79 Å². The Balaban J connectivity index is 1.81. The average molecular weight is 238 g/mol. The summed E-state index contributed by atoms with van der Waals surface area (Å²) in [6.07, 6.45) is 6.87. The first-order valence-electron chi connectivity index (χ1n) is 7.08. The number of carbonyl (C=O) groups is 1. The van der Waals surface area contributed by atoms with E-state index in [1.54, 1.807) is 0 Å². The standard InChI is InChI=1S/C14H26N2O/c1-14(2)7-3-4-12(10-14)16-13(17)11-5-8-15-9-6-11/h11-12,15H,3-10H2,1-2H3,(H,16,17). The first-order valence-corrected chi connectivity index (χ1v) is 7.08. The Kier molecular flexibility index (Phi) is 4.08. The van der Waals surface area contributed by atoms with Gasteiger partial charge in [-0.15, -0.1) is 0 Å². The fourth-order valence-electron chi connectivity index (χ4n) is 3.22. The van der Waals surface area contributed by atoms with Gasteiger partial charge in [-0.05, 0) is 50.6 Å². The Bertz CT molecular complexity index is 269. The summed E-state index contributed by atoms with van der Waals surface area (Å²) in [5, 5.41) is 6.58. The van der Waals surface area contributed by atoms with Crippen LogP contribution < -0.4 is 10.6 Å². The normalized spacial score (nSPS) is 29.9. The molecule has 1 amide bonds. The highest BCUT2D eigenvalue weighted by molar-refractivity contribution is 5.79. The Morgan fingerprint density at radius 2 is 1.94 bits per heavy atom. The molecule has 1 saturated heterocycles. The molecule has 1 unspecified atom stereocenters. The molecule has 0 aromatic carbocycles. The van der Waals surface area contributed by atoms with E-state index in [1.165, 1.54) is 19.3 Å². The molecule has 1 saturated carbocycles. The van der Waals surface area contributed by atoms with Crippen molar-refractivity contribution in [2.45, 2.75) is 58.4 Å². The van der Waals surface area contributed by atoms with Crippen LogP contribution in [0.5, 0.6) is 0 Å². The van der Waals surface area contributed by atoms with Crippen molar-refractivity contribution in [1.82, 2.24) is 10.6 Å². The molecule has 2 N–H and O–H groups in total. The fourth-order valence-corrected chi connectivity index (χ4v) is 3.22. The predicted octanol–water partition coefficient (Wildman–Crippen LogP) is 2.07. The summed E-state index contributed by atoms with van der Waals surface area (Å²) in [6, 6.07) is 0.418. The lowest BCUT2D eigenvalue weighted by atomic mass is 9.75. The van der Waals surface area contributed by atoms with Gasteiger partial charge in [0.15, 0.2) is 0 Å². The molecule has 0 bridgehead atoms. The van der Waals surface area contributed by atoms with Crippen molar-refractivity contribution in [2.75, 3.05) is 13.1 Å². The monoisotopic (exact) mass is 238 g/mol. The molecular formula is C14H26N2O. The molecule has 98 valence electrons. The molecule has 0 spiro atoms. The van der Waals surface area contributed by atoms with Crippen LogP contribution in [0.3, 0.4) is 0 Å². The van der Waals surface area contributed by atoms with Gasteiger partial charge in [0, 0.05) is 12.0 Å². The van der Waals surface area contributed by atoms with Crippen LogP contribution in [0.1, 0.15) is 52.4 Å². The van der Waals surface area contributed by atoms with Gasteiger partial charge in [0.05, 0.1) is 0 Å². The van der Waals surface area contributed by atoms with Gasteiger partial charge in [0.2, 0.25) is 5.91 Å². The van der Waals surface area contributed by atoms with E-state index < -0.39 is 0 Å². The van der Waals surface area contributed by atoms with E-state index in [4.69, 9.17) is 0 Å². The second-order valence-corrected chi connectivity index (χ2v) is 6.49. The number of carbonyl (C=O) groups excluding carboxylic acids is 1. The quantitative estimate of drug-likeness (QED) is 0.773. The summed E-state index contributed by atoms with van der Waals surface area (Å²) < 4.78 is 0. The van der Waals surface area contributed by atoms with Gasteiger partial charge >= 0.3 is 0 Å². The first kappa shape index (κ1) is 12.9. The minimum absolute atomic E-state index is 0.251. The van der Waals surface area contributed by atoms with Crippen molar-refractivity contribution in [3.05, 3.63) is 0 Å². The van der Waals surface area contributed by atoms with Crippen molar-refractivity contribution >= 4 is 5.91 Å². The molecule has 1 heterocycles. The van der Waals surface area contributed by atoms with Crippen LogP contribution >= 0.6 is 0 Å². The maximum absolute atomic E-state index is 12.1. The highest BCUT2D eigenvalue weighted by Crippen LogP contribution is 2.35. The topological polar surface area (TPSA) is 41.1 Å². The van der Waals surface area contributed by atoms with Gasteiger partial charge in [0.1, 0.15) is 0 Å². The van der Waals surface area contributed by atoms with Crippen LogP contribution in [0.2, 0.25) is 0 Å². The lowest BCUT2D eigenvalue weighted by Gasteiger charge is -2.36. The van der Waals surface area contributed by atoms with Crippen LogP contribution in [0.15, 0.2) is 0 Å². The Morgan fingerprint density at radius 1 is 1.24 bits per heavy atom. The van der Waals surface area contributed by atoms with Crippen LogP contribution in [0, 0.1) is 11.3 Å². The summed E-state index contributed by atoms with van der Waals surface area (Å²) in [6.45, 7) is 6.62. The molecule has 17 heavy (non-hydrogen) atoms. The van der Waals surface area contributed by atoms with Gasteiger partial charge in [-0.25, -0.2) is 0 Å². The maximum Gasteiger partial charge on any atom is 0.223 e. The predicted molar refractivity (Wildman–Crippen MR) is 69.8 cm³/mol. The molecule has 1 aliphatic heterocycles. The average Bonchev–Trinajstić information content (AvgIpc) is 2.29. The third kappa shape index (κ3) is 3.70. The minimum Gasteiger partial charge on any atom is -0.353 e. The van der Waals surface area contributed by atoms with Gasteiger partial charge in [-0.2, -0.15) is 0 Å². The number of hydrogen-bond acceptors (Lipinski definition) is 2. The summed E-state index contributed by atoms with van der Waals surface area (Å²) in [5.74, 6) is 0.551. The third-order valence-electron chi connectivity index (χ3n) is 4.26. The zero-order valence-corrected chi connectivity index (χ0v) is 11.2. The zero-order chi connectivity index (χ0) is 12.3. The molecular weight excluding hydrogens is 212 g/mol. The molecule has 0 aromatic rings. The number of piperidine rings is 1. The highest BCUT2D eigenvalue weighted by Gasteiger charge is 2.30. The van der Waals surface area contributed by atoms with Crippen molar-refractivity contribution in [2.24, 2.45) is 11.3 Å². The molecule has 2 aliphatic rings. The number of amides is 1. The van der Waals surface area contributed by atoms with E-state index in [0.717, 1.165) is 32.4 Å². The lowest BCUT2D eigenvalue weighted by molar-refractivity contribution is -0.126. The van der Waals surface area contributed by atoms with Crippen LogP contribution in [0.4, 0.5) is 0 Å². The van der Waals surface area contributed by atoms with E-state index in [0.29, 0.717) is 17.4 Å². The molecule has 3 heteroatoms. The van der Waals surface area contributed by atoms with E-state index in [2.05, 4.69) is 24.5 Å². The van der Waals surface area contributed by atoms with Crippen LogP contribution in [0.25, 0.3) is 0 Å². The molecule has 0 radical (unpaired) electrons. The summed E-state index contributed by atoms with van der Waals surface area (Å²) >= 11 is 0. The van der Waals surface area contributed by atoms with Crippen LogP contribution in [-0.4, -0.2) is 25.0 Å². The first-order chi connectivity index (χ1) is 8.07. The largest absolute Gasteiger partial charge is 0.353 e. The van der Waals surface area contributed by atoms with Gasteiger partial charge in [0.25, 0.3) is 0 Å². The Morgan fingerprint density at radius 3 is 2.59 bits per heavy atom. The molecule has 0 aromatic heterocycles. The SMILES string of the molecule is CC1(C)CCCC(NC(=O)C2CCNCC2)C1. The van der Waals surface area contributed by atoms with E-state index >= 15 is 0 Å². The molecule has 1 aliphatic carbocycles. The molecule has 3 nitrogen and oxygen atoms in total. The number of nitrogens with one attached hydrogen (secondary N) is 2. The lowest BCUT2D eigenvalue weighted by Crippen LogP contribution is -2.45. The smallest absolute Gasteiger partial charge is 0.223 e. The van der Waals surface area contributed by atoms with Crippen LogP contribution in [-0.2, 0) is 4.79 Å². The molecule has 2 fully saturated rings. The zero-order valence-electron chi connectivity index (χ0n) is 11.2. The third-order valence-corrected chi connectivity index (χ3v) is 4.26. The summed E-state index contributed by atoms with van der Waals surface area (Å²) in [4.78, 5) is 12.1. The summed E-state index contributed by atoms with van der Waals surface area (Å²) in [7, 11) is 0. The van der Waals surface area contributed by atoms with Crippen molar-refractivity contribution in [3.8, 4) is 0 Å². The minimum atomic E-state index is 0.251. The Labute approximate surface area is 105 Å². The van der Waals surface area contributed by atoms with Crippen molar-refractivity contribution < 1.29 is 4.79 Å². The van der Waals surface area contributed by atoms with E-state index in [1.807, 2.05) is 0 Å². The van der Waals surface area contributed by atoms with Gasteiger partial charge < -0.3 is 10.6 Å². The van der Waals surface area contributed by atoms with E-state index in [-0.39, 0.29) is 5.92 Å². The van der Waals surface area contributed by atoms with Crippen molar-refractivity contribution in [1.29, 1.82) is 0 Å². The fraction of sp³-hybridized carbons (Fsp3) is 0.929. The second-order valence-electron chi connectivity index (χ2n) is 6.49. The number of rotatable bonds is 2. The van der Waals surface area contributed by atoms with Gasteiger partial charge in [-0.3, -0.25) is 4.79 Å². The summed E-state index contributed by atoms with van der Waals surface area (Å²) in [5.41, 5.74) is 0.407.